The van der Waals surface area contributed by atoms with E-state index in [1.807, 2.05) is 20.8 Å². The van der Waals surface area contributed by atoms with Gasteiger partial charge in [-0.15, -0.1) is 0 Å². The number of aliphatic hydroxyl groups is 1. The van der Waals surface area contributed by atoms with Gasteiger partial charge in [-0.25, -0.2) is 0 Å². The molecule has 0 saturated heterocycles. The van der Waals surface area contributed by atoms with Crippen molar-refractivity contribution < 1.29 is 28.7 Å². The zero-order valence-corrected chi connectivity index (χ0v) is 14.9. The molecule has 6 nitrogen and oxygen atoms in total. The predicted octanol–water partition coefficient (Wildman–Crippen LogP) is -0.0468. The van der Waals surface area contributed by atoms with Crippen LogP contribution >= 0.6 is 0 Å². The van der Waals surface area contributed by atoms with Gasteiger partial charge in [0, 0.05) is 18.8 Å². The Kier molecular flexibility index (Phi) is 8.96. The van der Waals surface area contributed by atoms with Crippen molar-refractivity contribution in [2.75, 3.05) is 27.4 Å². The summed E-state index contributed by atoms with van der Waals surface area (Å²) in [6.07, 6.45) is -6.96. The molecule has 0 aliphatic heterocycles. The second-order valence-corrected chi connectivity index (χ2v) is 6.89. The number of ether oxygens (including phenoxy) is 1. The summed E-state index contributed by atoms with van der Waals surface area (Å²) >= 11 is 0. The van der Waals surface area contributed by atoms with Crippen LogP contribution in [0.4, 0.5) is 13.2 Å². The highest BCUT2D eigenvalue weighted by molar-refractivity contribution is 4.89. The van der Waals surface area contributed by atoms with Gasteiger partial charge in [0.15, 0.2) is 12.3 Å². The molecule has 0 amide bonds. The average molecular weight is 345 g/mol. The normalized spacial score (nSPS) is 18.8. The minimum absolute atomic E-state index is 0.109. The molecule has 0 saturated carbocycles. The van der Waals surface area contributed by atoms with Gasteiger partial charge in [0.2, 0.25) is 0 Å². The Balaban J connectivity index is 5.49. The van der Waals surface area contributed by atoms with Crippen molar-refractivity contribution in [3.8, 4) is 0 Å². The van der Waals surface area contributed by atoms with Gasteiger partial charge in [0.25, 0.3) is 0 Å². The highest BCUT2D eigenvalue weighted by atomic mass is 19.4. The highest BCUT2D eigenvalue weighted by Crippen LogP contribution is 2.27. The van der Waals surface area contributed by atoms with E-state index in [1.54, 1.807) is 25.9 Å². The van der Waals surface area contributed by atoms with Crippen LogP contribution in [0.5, 0.6) is 0 Å². The molecule has 4 atom stereocenters. The van der Waals surface area contributed by atoms with Crippen molar-refractivity contribution in [3.05, 3.63) is 0 Å². The monoisotopic (exact) mass is 345 g/mol. The number of rotatable bonds is 9. The number of alkyl halides is 3. The third-order valence-corrected chi connectivity index (χ3v) is 3.15. The first-order chi connectivity index (χ1) is 10.3. The molecular formula is C14H32F3N4O2+. The van der Waals surface area contributed by atoms with Crippen molar-refractivity contribution in [3.63, 3.8) is 0 Å². The summed E-state index contributed by atoms with van der Waals surface area (Å²) in [5.74, 6) is -1.30. The summed E-state index contributed by atoms with van der Waals surface area (Å²) < 4.78 is 44.6. The van der Waals surface area contributed by atoms with Crippen LogP contribution in [-0.4, -0.2) is 67.6 Å². The van der Waals surface area contributed by atoms with Gasteiger partial charge in [-0.05, 0) is 41.8 Å². The van der Waals surface area contributed by atoms with E-state index in [4.69, 9.17) is 4.74 Å². The van der Waals surface area contributed by atoms with Crippen molar-refractivity contribution >= 4 is 0 Å². The Hall–Kier alpha value is -0.450. The SMILES string of the molecule is CCOC(O)C(C(NCN(C)C)NC(C)(C)C)C([NH3+])C(F)(F)F. The van der Waals surface area contributed by atoms with Gasteiger partial charge in [-0.1, -0.05) is 0 Å². The fraction of sp³-hybridized carbons (Fsp3) is 1.00. The van der Waals surface area contributed by atoms with Crippen LogP contribution in [0.25, 0.3) is 0 Å². The van der Waals surface area contributed by atoms with Gasteiger partial charge in [-0.2, -0.15) is 13.2 Å². The molecule has 0 aromatic carbocycles. The summed E-state index contributed by atoms with van der Waals surface area (Å²) in [6, 6.07) is -1.99. The van der Waals surface area contributed by atoms with E-state index in [9.17, 15) is 18.3 Å². The first-order valence-electron chi connectivity index (χ1n) is 7.65. The first-order valence-corrected chi connectivity index (χ1v) is 7.65. The Morgan fingerprint density at radius 3 is 2.09 bits per heavy atom. The fourth-order valence-corrected chi connectivity index (χ4v) is 2.13. The first kappa shape index (κ1) is 22.6. The highest BCUT2D eigenvalue weighted by Gasteiger charge is 2.52. The Morgan fingerprint density at radius 1 is 1.22 bits per heavy atom. The Morgan fingerprint density at radius 2 is 1.74 bits per heavy atom. The van der Waals surface area contributed by atoms with Gasteiger partial charge in [-0.3, -0.25) is 15.5 Å². The number of quaternary nitrogens is 1. The summed E-state index contributed by atoms with van der Waals surface area (Å²) in [6.45, 7) is 7.59. The summed E-state index contributed by atoms with van der Waals surface area (Å²) in [7, 11) is 3.58. The number of halogens is 3. The molecule has 0 aromatic heterocycles. The molecule has 6 N–H and O–H groups in total. The quantitative estimate of drug-likeness (QED) is 0.441. The molecule has 0 aliphatic carbocycles. The summed E-state index contributed by atoms with van der Waals surface area (Å²) in [5, 5.41) is 16.2. The van der Waals surface area contributed by atoms with Crippen molar-refractivity contribution in [1.29, 1.82) is 0 Å². The second kappa shape index (κ2) is 9.14. The molecule has 0 bridgehead atoms. The summed E-state index contributed by atoms with van der Waals surface area (Å²) in [4.78, 5) is 1.78. The van der Waals surface area contributed by atoms with Crippen LogP contribution in [-0.2, 0) is 4.74 Å². The molecule has 140 valence electrons. The van der Waals surface area contributed by atoms with Crippen LogP contribution < -0.4 is 16.4 Å². The minimum Gasteiger partial charge on any atom is -0.367 e. The number of nitrogens with zero attached hydrogens (tertiary/aromatic N) is 1. The van der Waals surface area contributed by atoms with E-state index >= 15 is 0 Å². The molecule has 0 spiro atoms. The average Bonchev–Trinajstić information content (AvgIpc) is 2.33. The van der Waals surface area contributed by atoms with E-state index < -0.39 is 36.1 Å². The fourth-order valence-electron chi connectivity index (χ4n) is 2.13. The minimum atomic E-state index is -4.54. The van der Waals surface area contributed by atoms with Crippen LogP contribution in [0.1, 0.15) is 27.7 Å². The van der Waals surface area contributed by atoms with Gasteiger partial charge in [0.05, 0.1) is 12.1 Å². The number of aliphatic hydroxyl groups excluding tert-OH is 1. The lowest BCUT2D eigenvalue weighted by atomic mass is 9.93. The Labute approximate surface area is 136 Å². The molecule has 0 radical (unpaired) electrons. The van der Waals surface area contributed by atoms with E-state index in [0.717, 1.165) is 0 Å². The standard InChI is InChI=1S/C14H31F3N4O2/c1-7-23-12(22)9(10(18)14(15,16)17)11(19-8-21(5)6)20-13(2,3)4/h9-12,19-20,22H,7-8,18H2,1-6H3/p+1. The summed E-state index contributed by atoms with van der Waals surface area (Å²) in [5.41, 5.74) is 2.77. The molecule has 0 aliphatic rings. The van der Waals surface area contributed by atoms with Crippen LogP contribution in [0, 0.1) is 5.92 Å². The van der Waals surface area contributed by atoms with Crippen molar-refractivity contribution in [1.82, 2.24) is 15.5 Å². The second-order valence-electron chi connectivity index (χ2n) is 6.89. The maximum atomic E-state index is 13.2. The van der Waals surface area contributed by atoms with Gasteiger partial charge < -0.3 is 15.6 Å². The van der Waals surface area contributed by atoms with Crippen LogP contribution in [0.2, 0.25) is 0 Å². The number of hydrogen-bond acceptors (Lipinski definition) is 5. The molecule has 23 heavy (non-hydrogen) atoms. The van der Waals surface area contributed by atoms with Crippen LogP contribution in [0.3, 0.4) is 0 Å². The molecule has 9 heteroatoms. The third kappa shape index (κ3) is 8.83. The maximum Gasteiger partial charge on any atom is 0.441 e. The van der Waals surface area contributed by atoms with E-state index in [0.29, 0.717) is 6.67 Å². The van der Waals surface area contributed by atoms with Gasteiger partial charge >= 0.3 is 6.18 Å². The molecular weight excluding hydrogens is 313 g/mol. The smallest absolute Gasteiger partial charge is 0.367 e. The lowest BCUT2D eigenvalue weighted by Gasteiger charge is -2.38. The number of nitrogens with one attached hydrogen (secondary N) is 2. The zero-order chi connectivity index (χ0) is 18.4. The largest absolute Gasteiger partial charge is 0.441 e. The lowest BCUT2D eigenvalue weighted by molar-refractivity contribution is -0.503. The van der Waals surface area contributed by atoms with E-state index in [1.165, 1.54) is 0 Å². The predicted molar refractivity (Wildman–Crippen MR) is 82.2 cm³/mol. The van der Waals surface area contributed by atoms with E-state index in [2.05, 4.69) is 16.4 Å². The lowest BCUT2D eigenvalue weighted by Crippen LogP contribution is -2.77. The van der Waals surface area contributed by atoms with E-state index in [-0.39, 0.29) is 6.61 Å². The maximum absolute atomic E-state index is 13.2. The molecule has 4 unspecified atom stereocenters. The topological polar surface area (TPSA) is 84.4 Å². The molecule has 0 fully saturated rings. The zero-order valence-electron chi connectivity index (χ0n) is 14.9. The molecule has 0 aromatic rings. The Bertz CT molecular complexity index is 335. The van der Waals surface area contributed by atoms with Crippen molar-refractivity contribution in [2.24, 2.45) is 5.92 Å². The van der Waals surface area contributed by atoms with Gasteiger partial charge in [0.1, 0.15) is 0 Å². The third-order valence-electron chi connectivity index (χ3n) is 3.15. The van der Waals surface area contributed by atoms with Crippen molar-refractivity contribution in [2.45, 2.75) is 57.9 Å². The molecule has 0 rings (SSSR count). The molecule has 0 heterocycles. The number of hydrogen-bond donors (Lipinski definition) is 4. The van der Waals surface area contributed by atoms with Crippen LogP contribution in [0.15, 0.2) is 0 Å².